The fourth-order valence-electron chi connectivity index (χ4n) is 2.73. The molecule has 158 valence electrons. The number of nitrogens with one attached hydrogen (secondary N) is 2. The summed E-state index contributed by atoms with van der Waals surface area (Å²) in [6.07, 6.45) is 0.817. The molecule has 0 saturated carbocycles. The zero-order valence-corrected chi connectivity index (χ0v) is 17.7. The minimum Gasteiger partial charge on any atom is -0.480 e. The van der Waals surface area contributed by atoms with E-state index in [1.807, 2.05) is 18.2 Å². The highest BCUT2D eigenvalue weighted by atomic mass is 32.2. The van der Waals surface area contributed by atoms with Crippen LogP contribution >= 0.6 is 12.6 Å². The lowest BCUT2D eigenvalue weighted by atomic mass is 10.0. The minimum absolute atomic E-state index is 0.0916. The van der Waals surface area contributed by atoms with Gasteiger partial charge in [-0.1, -0.05) is 18.2 Å². The van der Waals surface area contributed by atoms with Gasteiger partial charge in [-0.25, -0.2) is 13.2 Å². The van der Waals surface area contributed by atoms with E-state index in [0.717, 1.165) is 17.3 Å². The van der Waals surface area contributed by atoms with E-state index in [1.165, 1.54) is 0 Å². The molecule has 1 amide bonds. The van der Waals surface area contributed by atoms with E-state index in [-0.39, 0.29) is 18.2 Å². The highest BCUT2D eigenvalue weighted by molar-refractivity contribution is 7.90. The summed E-state index contributed by atoms with van der Waals surface area (Å²) in [6, 6.07) is 9.20. The first-order valence-corrected chi connectivity index (χ1v) is 11.6. The number of hydrogen-bond acceptors (Lipinski definition) is 7. The molecule has 2 aromatic carbocycles. The normalized spacial score (nSPS) is 13.6. The molecule has 0 saturated heterocycles. The molecule has 29 heavy (non-hydrogen) atoms. The van der Waals surface area contributed by atoms with E-state index in [1.54, 1.807) is 18.2 Å². The average molecular weight is 440 g/mol. The van der Waals surface area contributed by atoms with E-state index in [9.17, 15) is 23.1 Å². The van der Waals surface area contributed by atoms with E-state index in [2.05, 4.69) is 23.3 Å². The first kappa shape index (κ1) is 23.0. The molecule has 0 fully saturated rings. The lowest BCUT2D eigenvalue weighted by molar-refractivity contribution is -0.139. The third-order valence-corrected chi connectivity index (χ3v) is 5.75. The predicted molar refractivity (Wildman–Crippen MR) is 117 cm³/mol. The number of fused-ring (bicyclic) bond motifs is 1. The molecule has 0 aromatic heterocycles. The Morgan fingerprint density at radius 2 is 1.97 bits per heavy atom. The number of carboxylic acids is 1. The molecule has 0 aliphatic heterocycles. The van der Waals surface area contributed by atoms with Gasteiger partial charge in [0.2, 0.25) is 0 Å². The van der Waals surface area contributed by atoms with Gasteiger partial charge in [0, 0.05) is 35.8 Å². The molecular weight excluding hydrogens is 414 g/mol. The molecule has 10 heteroatoms. The second kappa shape index (κ2) is 9.95. The van der Waals surface area contributed by atoms with Crippen molar-refractivity contribution in [3.63, 3.8) is 0 Å². The number of hydrogen-bond donors (Lipinski definition) is 5. The van der Waals surface area contributed by atoms with Crippen LogP contribution in [0.4, 0.5) is 5.69 Å². The van der Waals surface area contributed by atoms with Gasteiger partial charge in [-0.05, 0) is 35.4 Å². The van der Waals surface area contributed by atoms with Gasteiger partial charge in [-0.15, -0.1) is 0 Å². The van der Waals surface area contributed by atoms with Gasteiger partial charge in [0.1, 0.15) is 15.9 Å². The number of nitrogens with two attached hydrogens (primary N) is 1. The first-order chi connectivity index (χ1) is 13.6. The number of carbonyl (C=O) groups excluding carboxylic acids is 1. The van der Waals surface area contributed by atoms with Gasteiger partial charge in [0.05, 0.1) is 5.75 Å². The number of sulfone groups is 1. The molecule has 0 spiro atoms. The molecule has 0 bridgehead atoms. The average Bonchev–Trinajstić information content (AvgIpc) is 2.67. The standard InChI is InChI=1S/C19H25N3O5S2/c1-29(26,27)8-7-17(19(24)25)22-18(23)16-4-2-3-12-9-14(5-6-15(12)16)21-10-13(20)11-28/h2-6,9,13,17,21,28H,7-8,10-11,20H2,1H3,(H,22,23)(H,24,25)/t13-,17?/m1/s1. The van der Waals surface area contributed by atoms with Crippen molar-refractivity contribution in [3.05, 3.63) is 42.0 Å². The van der Waals surface area contributed by atoms with Crippen LogP contribution in [0.25, 0.3) is 10.8 Å². The summed E-state index contributed by atoms with van der Waals surface area (Å²) in [5.41, 5.74) is 6.99. The SMILES string of the molecule is CS(=O)(=O)CCC(NC(=O)c1cccc2cc(NC[C@@H](N)CS)ccc12)C(=O)O. The van der Waals surface area contributed by atoms with Crippen LogP contribution in [0.1, 0.15) is 16.8 Å². The van der Waals surface area contributed by atoms with Crippen LogP contribution in [-0.2, 0) is 14.6 Å². The number of amides is 1. The van der Waals surface area contributed by atoms with Crippen LogP contribution in [0.3, 0.4) is 0 Å². The van der Waals surface area contributed by atoms with Crippen molar-refractivity contribution < 1.29 is 23.1 Å². The molecule has 0 heterocycles. The zero-order chi connectivity index (χ0) is 21.6. The maximum Gasteiger partial charge on any atom is 0.326 e. The number of rotatable bonds is 10. The Bertz CT molecular complexity index is 995. The van der Waals surface area contributed by atoms with Crippen molar-refractivity contribution >= 4 is 50.8 Å². The summed E-state index contributed by atoms with van der Waals surface area (Å²) in [5, 5.41) is 16.4. The molecule has 2 aromatic rings. The Kier molecular flexibility index (Phi) is 7.88. The van der Waals surface area contributed by atoms with Crippen molar-refractivity contribution in [2.24, 2.45) is 5.73 Å². The highest BCUT2D eigenvalue weighted by Gasteiger charge is 2.23. The van der Waals surface area contributed by atoms with Gasteiger partial charge >= 0.3 is 5.97 Å². The molecule has 0 aliphatic carbocycles. The Hall–Kier alpha value is -2.30. The van der Waals surface area contributed by atoms with Crippen molar-refractivity contribution in [1.29, 1.82) is 0 Å². The fraction of sp³-hybridized carbons (Fsp3) is 0.368. The van der Waals surface area contributed by atoms with Crippen LogP contribution in [0.5, 0.6) is 0 Å². The van der Waals surface area contributed by atoms with Crippen molar-refractivity contribution in [2.75, 3.05) is 29.6 Å². The summed E-state index contributed by atoms with van der Waals surface area (Å²) in [4.78, 5) is 24.1. The maximum atomic E-state index is 12.7. The number of thiol groups is 1. The molecule has 0 radical (unpaired) electrons. The predicted octanol–water partition coefficient (Wildman–Crippen LogP) is 1.13. The molecule has 5 N–H and O–H groups in total. The van der Waals surface area contributed by atoms with Crippen molar-refractivity contribution in [1.82, 2.24) is 5.32 Å². The van der Waals surface area contributed by atoms with E-state index < -0.39 is 27.8 Å². The Labute approximate surface area is 175 Å². The Balaban J connectivity index is 2.20. The zero-order valence-electron chi connectivity index (χ0n) is 16.0. The topological polar surface area (TPSA) is 139 Å². The molecule has 1 unspecified atom stereocenters. The fourth-order valence-corrected chi connectivity index (χ4v) is 3.52. The van der Waals surface area contributed by atoms with Crippen molar-refractivity contribution in [2.45, 2.75) is 18.5 Å². The van der Waals surface area contributed by atoms with E-state index in [0.29, 0.717) is 23.2 Å². The van der Waals surface area contributed by atoms with Crippen LogP contribution in [0.2, 0.25) is 0 Å². The second-order valence-corrected chi connectivity index (χ2v) is 9.47. The van der Waals surface area contributed by atoms with E-state index in [4.69, 9.17) is 5.73 Å². The largest absolute Gasteiger partial charge is 0.480 e. The smallest absolute Gasteiger partial charge is 0.326 e. The summed E-state index contributed by atoms with van der Waals surface area (Å²) in [5.74, 6) is -1.64. The summed E-state index contributed by atoms with van der Waals surface area (Å²) >= 11 is 4.14. The van der Waals surface area contributed by atoms with E-state index >= 15 is 0 Å². The molecular formula is C19H25N3O5S2. The first-order valence-electron chi connectivity index (χ1n) is 8.95. The van der Waals surface area contributed by atoms with Gasteiger partial charge in [-0.3, -0.25) is 4.79 Å². The Morgan fingerprint density at radius 3 is 2.59 bits per heavy atom. The summed E-state index contributed by atoms with van der Waals surface area (Å²) in [7, 11) is -3.34. The number of carboxylic acid groups (broad SMARTS) is 1. The third-order valence-electron chi connectivity index (χ3n) is 4.31. The number of aliphatic carboxylic acids is 1. The van der Waals surface area contributed by atoms with Gasteiger partial charge in [0.25, 0.3) is 5.91 Å². The lowest BCUT2D eigenvalue weighted by Gasteiger charge is -2.16. The van der Waals surface area contributed by atoms with Gasteiger partial charge < -0.3 is 21.5 Å². The summed E-state index contributed by atoms with van der Waals surface area (Å²) in [6.45, 7) is 0.551. The quantitative estimate of drug-likeness (QED) is 0.350. The summed E-state index contributed by atoms with van der Waals surface area (Å²) < 4.78 is 22.6. The molecule has 2 rings (SSSR count). The Morgan fingerprint density at radius 1 is 1.24 bits per heavy atom. The molecule has 8 nitrogen and oxygen atoms in total. The maximum absolute atomic E-state index is 12.7. The number of carbonyl (C=O) groups is 2. The van der Waals surface area contributed by atoms with Gasteiger partial charge in [0.15, 0.2) is 0 Å². The van der Waals surface area contributed by atoms with Crippen LogP contribution < -0.4 is 16.4 Å². The molecule has 0 aliphatic rings. The number of benzene rings is 2. The second-order valence-electron chi connectivity index (χ2n) is 6.85. The minimum atomic E-state index is -3.34. The van der Waals surface area contributed by atoms with Crippen molar-refractivity contribution in [3.8, 4) is 0 Å². The highest BCUT2D eigenvalue weighted by Crippen LogP contribution is 2.23. The molecule has 2 atom stereocenters. The van der Waals surface area contributed by atoms with Crippen LogP contribution in [-0.4, -0.2) is 61.8 Å². The van der Waals surface area contributed by atoms with Crippen LogP contribution in [0, 0.1) is 0 Å². The monoisotopic (exact) mass is 439 g/mol. The number of anilines is 1. The third kappa shape index (κ3) is 6.91. The lowest BCUT2D eigenvalue weighted by Crippen LogP contribution is -2.42. The van der Waals surface area contributed by atoms with Gasteiger partial charge in [-0.2, -0.15) is 12.6 Å². The van der Waals surface area contributed by atoms with Crippen LogP contribution in [0.15, 0.2) is 36.4 Å².